The second kappa shape index (κ2) is 6.50. The molecule has 0 radical (unpaired) electrons. The molecule has 6 nitrogen and oxygen atoms in total. The Balaban J connectivity index is 2.17. The zero-order valence-electron chi connectivity index (χ0n) is 13.1. The Bertz CT molecular complexity index is 733. The minimum absolute atomic E-state index is 0.120. The molecule has 0 fully saturated rings. The number of nitrogens with one attached hydrogen (secondary N) is 2. The van der Waals surface area contributed by atoms with Gasteiger partial charge in [0.05, 0.1) is 10.5 Å². The van der Waals surface area contributed by atoms with Gasteiger partial charge in [0.15, 0.2) is 0 Å². The van der Waals surface area contributed by atoms with E-state index in [1.807, 2.05) is 6.07 Å². The average Bonchev–Trinajstić information content (AvgIpc) is 2.80. The third-order valence-electron chi connectivity index (χ3n) is 3.16. The van der Waals surface area contributed by atoms with E-state index >= 15 is 0 Å². The van der Waals surface area contributed by atoms with Crippen molar-refractivity contribution >= 4 is 34.6 Å². The average molecular weight is 339 g/mol. The molecule has 7 heteroatoms. The highest BCUT2D eigenvalue weighted by Crippen LogP contribution is 2.26. The highest BCUT2D eigenvalue weighted by Gasteiger charge is 2.25. The highest BCUT2D eigenvalue weighted by atomic mass is 35.5. The van der Waals surface area contributed by atoms with E-state index in [-0.39, 0.29) is 6.42 Å². The van der Waals surface area contributed by atoms with Crippen molar-refractivity contribution in [3.63, 3.8) is 0 Å². The number of carboxylic acids is 1. The number of hydrogen-bond acceptors (Lipinski definition) is 3. The highest BCUT2D eigenvalue weighted by molar-refractivity contribution is 6.35. The van der Waals surface area contributed by atoms with Crippen molar-refractivity contribution in [2.45, 2.75) is 38.8 Å². The number of aliphatic carboxylic acids is 1. The first kappa shape index (κ1) is 17.1. The fourth-order valence-electron chi connectivity index (χ4n) is 2.21. The predicted octanol–water partition coefficient (Wildman–Crippen LogP) is 3.34. The zero-order chi connectivity index (χ0) is 17.2. The van der Waals surface area contributed by atoms with Gasteiger partial charge in [-0.05, 0) is 32.4 Å². The molecule has 0 saturated carbocycles. The number of aromatic nitrogens is 1. The summed E-state index contributed by atoms with van der Waals surface area (Å²) in [4.78, 5) is 26.2. The molecule has 1 unspecified atom stereocenters. The number of carbonyl (C=O) groups is 2. The molecule has 0 aliphatic carbocycles. The quantitative estimate of drug-likeness (QED) is 0.797. The number of benzene rings is 1. The molecule has 1 amide bonds. The summed E-state index contributed by atoms with van der Waals surface area (Å²) >= 11 is 6.09. The molecular weight excluding hydrogens is 320 g/mol. The number of ether oxygens (including phenoxy) is 1. The van der Waals surface area contributed by atoms with Gasteiger partial charge >= 0.3 is 12.1 Å². The van der Waals surface area contributed by atoms with Crippen LogP contribution in [-0.4, -0.2) is 33.8 Å². The van der Waals surface area contributed by atoms with Crippen LogP contribution in [0.5, 0.6) is 0 Å². The summed E-state index contributed by atoms with van der Waals surface area (Å²) in [5.74, 6) is -1.13. The van der Waals surface area contributed by atoms with Crippen molar-refractivity contribution in [2.75, 3.05) is 0 Å². The van der Waals surface area contributed by atoms with Crippen molar-refractivity contribution in [3.05, 3.63) is 35.0 Å². The van der Waals surface area contributed by atoms with E-state index in [2.05, 4.69) is 10.3 Å². The van der Waals surface area contributed by atoms with Gasteiger partial charge in [-0.3, -0.25) is 0 Å². The van der Waals surface area contributed by atoms with Crippen LogP contribution in [0.3, 0.4) is 0 Å². The number of para-hydroxylation sites is 1. The number of aromatic amines is 1. The number of alkyl carbamates (subject to hydrolysis) is 1. The lowest BCUT2D eigenvalue weighted by Gasteiger charge is -2.22. The van der Waals surface area contributed by atoms with Crippen molar-refractivity contribution in [1.82, 2.24) is 10.3 Å². The lowest BCUT2D eigenvalue weighted by molar-refractivity contribution is -0.139. The standard InChI is InChI=1S/C16H19ClN2O4/c1-16(2,3)23-15(22)19-12(14(20)21)7-9-8-18-13-10(9)5-4-6-11(13)17/h4-6,8,12,18H,7H2,1-3H3,(H,19,22)(H,20,21). The molecule has 3 N–H and O–H groups in total. The first-order valence-electron chi connectivity index (χ1n) is 7.14. The SMILES string of the molecule is CC(C)(C)OC(=O)NC(Cc1c[nH]c2c(Cl)cccc12)C(=O)O. The number of fused-ring (bicyclic) bond motifs is 1. The summed E-state index contributed by atoms with van der Waals surface area (Å²) in [5.41, 5.74) is 0.804. The lowest BCUT2D eigenvalue weighted by Crippen LogP contribution is -2.44. The normalized spacial score (nSPS) is 12.9. The molecule has 0 aliphatic rings. The Kier molecular flexibility index (Phi) is 4.85. The van der Waals surface area contributed by atoms with Crippen molar-refractivity contribution in [1.29, 1.82) is 0 Å². The van der Waals surface area contributed by atoms with Crippen LogP contribution in [-0.2, 0) is 16.0 Å². The third-order valence-corrected chi connectivity index (χ3v) is 3.48. The molecule has 0 spiro atoms. The van der Waals surface area contributed by atoms with Crippen LogP contribution >= 0.6 is 11.6 Å². The molecule has 2 rings (SSSR count). The van der Waals surface area contributed by atoms with Gasteiger partial charge in [-0.15, -0.1) is 0 Å². The fourth-order valence-corrected chi connectivity index (χ4v) is 2.44. The van der Waals surface area contributed by atoms with Crippen molar-refractivity contribution < 1.29 is 19.4 Å². The minimum atomic E-state index is -1.13. The summed E-state index contributed by atoms with van der Waals surface area (Å²) in [5, 5.41) is 13.1. The van der Waals surface area contributed by atoms with Crippen LogP contribution in [0.2, 0.25) is 5.02 Å². The largest absolute Gasteiger partial charge is 0.480 e. The molecule has 0 saturated heterocycles. The molecule has 1 heterocycles. The van der Waals surface area contributed by atoms with E-state index in [1.165, 1.54) is 0 Å². The van der Waals surface area contributed by atoms with Crippen molar-refractivity contribution in [2.24, 2.45) is 0 Å². The van der Waals surface area contributed by atoms with E-state index in [0.29, 0.717) is 5.02 Å². The van der Waals surface area contributed by atoms with Crippen LogP contribution < -0.4 is 5.32 Å². The fraction of sp³-hybridized carbons (Fsp3) is 0.375. The Morgan fingerprint density at radius 1 is 1.39 bits per heavy atom. The molecule has 23 heavy (non-hydrogen) atoms. The van der Waals surface area contributed by atoms with Gasteiger partial charge in [-0.25, -0.2) is 9.59 Å². The molecule has 124 valence electrons. The van der Waals surface area contributed by atoms with E-state index < -0.39 is 23.7 Å². The molecule has 2 aromatic rings. The Hall–Kier alpha value is -2.21. The van der Waals surface area contributed by atoms with E-state index in [0.717, 1.165) is 16.5 Å². The van der Waals surface area contributed by atoms with Crippen LogP contribution in [0.25, 0.3) is 10.9 Å². The summed E-state index contributed by atoms with van der Waals surface area (Å²) < 4.78 is 5.10. The zero-order valence-corrected chi connectivity index (χ0v) is 13.9. The number of amides is 1. The molecular formula is C16H19ClN2O4. The number of carbonyl (C=O) groups excluding carboxylic acids is 1. The van der Waals surface area contributed by atoms with Crippen molar-refractivity contribution in [3.8, 4) is 0 Å². The van der Waals surface area contributed by atoms with Crippen LogP contribution in [0.15, 0.2) is 24.4 Å². The number of hydrogen-bond donors (Lipinski definition) is 3. The van der Waals surface area contributed by atoms with E-state index in [9.17, 15) is 14.7 Å². The number of carboxylic acid groups (broad SMARTS) is 1. The predicted molar refractivity (Wildman–Crippen MR) is 87.8 cm³/mol. The van der Waals surface area contributed by atoms with Gasteiger partial charge in [-0.2, -0.15) is 0 Å². The second-order valence-electron chi connectivity index (χ2n) is 6.22. The smallest absolute Gasteiger partial charge is 0.408 e. The summed E-state index contributed by atoms with van der Waals surface area (Å²) in [7, 11) is 0. The van der Waals surface area contributed by atoms with Gasteiger partial charge in [0, 0.05) is 18.0 Å². The Morgan fingerprint density at radius 2 is 2.09 bits per heavy atom. The minimum Gasteiger partial charge on any atom is -0.480 e. The Morgan fingerprint density at radius 3 is 2.70 bits per heavy atom. The van der Waals surface area contributed by atoms with Crippen LogP contribution in [0.1, 0.15) is 26.3 Å². The number of halogens is 1. The van der Waals surface area contributed by atoms with Gasteiger partial charge in [0.25, 0.3) is 0 Å². The van der Waals surface area contributed by atoms with Gasteiger partial charge in [0.2, 0.25) is 0 Å². The van der Waals surface area contributed by atoms with Gasteiger partial charge < -0.3 is 20.1 Å². The molecule has 0 bridgehead atoms. The summed E-state index contributed by atoms with van der Waals surface area (Å²) in [6, 6.07) is 4.29. The van der Waals surface area contributed by atoms with Crippen LogP contribution in [0.4, 0.5) is 4.79 Å². The van der Waals surface area contributed by atoms with E-state index in [1.54, 1.807) is 39.1 Å². The van der Waals surface area contributed by atoms with Gasteiger partial charge in [-0.1, -0.05) is 23.7 Å². The first-order chi connectivity index (χ1) is 10.7. The first-order valence-corrected chi connectivity index (χ1v) is 7.52. The maximum Gasteiger partial charge on any atom is 0.408 e. The maximum atomic E-state index is 11.8. The molecule has 1 aromatic carbocycles. The lowest BCUT2D eigenvalue weighted by atomic mass is 10.1. The summed E-state index contributed by atoms with van der Waals surface area (Å²) in [6.07, 6.45) is 1.06. The van der Waals surface area contributed by atoms with Gasteiger partial charge in [0.1, 0.15) is 11.6 Å². The molecule has 1 atom stereocenters. The number of H-pyrrole nitrogens is 1. The Labute approximate surface area is 138 Å². The molecule has 1 aromatic heterocycles. The monoisotopic (exact) mass is 338 g/mol. The van der Waals surface area contributed by atoms with Crippen LogP contribution in [0, 0.1) is 0 Å². The van der Waals surface area contributed by atoms with E-state index in [4.69, 9.17) is 16.3 Å². The topological polar surface area (TPSA) is 91.4 Å². The molecule has 0 aliphatic heterocycles. The second-order valence-corrected chi connectivity index (χ2v) is 6.62. The summed E-state index contributed by atoms with van der Waals surface area (Å²) in [6.45, 7) is 5.14. The third kappa shape index (κ3) is 4.39. The maximum absolute atomic E-state index is 11.8. The number of rotatable bonds is 4.